The van der Waals surface area contributed by atoms with E-state index in [2.05, 4.69) is 0 Å². The number of hydrogen-bond donors (Lipinski definition) is 2. The van der Waals surface area contributed by atoms with Gasteiger partial charge in [0.05, 0.1) is 0 Å². The minimum absolute atomic E-state index is 0. The standard InChI is InChI=1S/C2H4O3.ClH.K/c3-1-2(4)5;;/h3H,1H2,(H,4,5);1H;/q;;+1/p-1. The molecule has 0 saturated carbocycles. The van der Waals surface area contributed by atoms with Gasteiger partial charge in [0.2, 0.25) is 0 Å². The van der Waals surface area contributed by atoms with Crippen LogP contribution in [0.3, 0.4) is 0 Å². The second-order valence-electron chi connectivity index (χ2n) is 0.552. The normalized spacial score (nSPS) is 5.29. The molecule has 0 aliphatic carbocycles. The first-order chi connectivity index (χ1) is 2.27. The molecule has 0 heterocycles. The summed E-state index contributed by atoms with van der Waals surface area (Å²) < 4.78 is 0. The monoisotopic (exact) mass is 150 g/mol. The van der Waals surface area contributed by atoms with E-state index in [9.17, 15) is 0 Å². The number of aliphatic carboxylic acids is 1. The van der Waals surface area contributed by atoms with E-state index in [1.165, 1.54) is 0 Å². The van der Waals surface area contributed by atoms with Crippen LogP contribution in [0.5, 0.6) is 0 Å². The van der Waals surface area contributed by atoms with Gasteiger partial charge in [-0.25, -0.2) is 4.79 Å². The Bertz CT molecular complexity index is 48.2. The van der Waals surface area contributed by atoms with Gasteiger partial charge in [-0.1, -0.05) is 0 Å². The molecule has 0 fully saturated rings. The van der Waals surface area contributed by atoms with E-state index in [1.54, 1.807) is 0 Å². The first-order valence-corrected chi connectivity index (χ1v) is 1.10. The van der Waals surface area contributed by atoms with Gasteiger partial charge >= 0.3 is 57.4 Å². The molecule has 0 rings (SSSR count). The molecular formula is C2H4ClKO3. The van der Waals surface area contributed by atoms with Crippen molar-refractivity contribution in [2.45, 2.75) is 0 Å². The van der Waals surface area contributed by atoms with Gasteiger partial charge < -0.3 is 22.6 Å². The smallest absolute Gasteiger partial charge is 1.00 e. The van der Waals surface area contributed by atoms with Gasteiger partial charge in [0, 0.05) is 0 Å². The molecule has 0 aliphatic rings. The van der Waals surface area contributed by atoms with Crippen LogP contribution in [0.15, 0.2) is 0 Å². The zero-order valence-corrected chi connectivity index (χ0v) is 7.77. The molecule has 0 unspecified atom stereocenters. The van der Waals surface area contributed by atoms with Crippen molar-refractivity contribution in [3.05, 3.63) is 0 Å². The fraction of sp³-hybridized carbons (Fsp3) is 0.500. The first-order valence-electron chi connectivity index (χ1n) is 1.10. The number of carboxylic acids is 1. The molecule has 0 radical (unpaired) electrons. The molecule has 0 aromatic rings. The summed E-state index contributed by atoms with van der Waals surface area (Å²) in [4.78, 5) is 9.12. The fourth-order valence-electron chi connectivity index (χ4n) is 0. The Morgan fingerprint density at radius 3 is 1.71 bits per heavy atom. The first kappa shape index (κ1) is 15.8. The van der Waals surface area contributed by atoms with Gasteiger partial charge in [-0.3, -0.25) is 0 Å². The third-order valence-corrected chi connectivity index (χ3v) is 0.135. The Kier molecular flexibility index (Phi) is 23.3. The van der Waals surface area contributed by atoms with Crippen molar-refractivity contribution in [3.8, 4) is 0 Å². The third-order valence-electron chi connectivity index (χ3n) is 0.135. The number of halogens is 1. The van der Waals surface area contributed by atoms with E-state index >= 15 is 0 Å². The molecule has 2 N–H and O–H groups in total. The summed E-state index contributed by atoms with van der Waals surface area (Å²) in [6, 6.07) is 0. The van der Waals surface area contributed by atoms with Crippen LogP contribution in [0, 0.1) is 0 Å². The van der Waals surface area contributed by atoms with E-state index in [-0.39, 0.29) is 63.8 Å². The fourth-order valence-corrected chi connectivity index (χ4v) is 0. The molecule has 0 bridgehead atoms. The van der Waals surface area contributed by atoms with Crippen LogP contribution in [0.25, 0.3) is 0 Å². The van der Waals surface area contributed by atoms with Crippen LogP contribution < -0.4 is 63.8 Å². The SMILES string of the molecule is O=C(O)CO.[Cl-].[K+]. The third kappa shape index (κ3) is 18.7. The Morgan fingerprint density at radius 1 is 1.57 bits per heavy atom. The van der Waals surface area contributed by atoms with Gasteiger partial charge in [0.1, 0.15) is 6.61 Å². The van der Waals surface area contributed by atoms with E-state index in [0.717, 1.165) is 0 Å². The summed E-state index contributed by atoms with van der Waals surface area (Å²) in [6.07, 6.45) is 0. The van der Waals surface area contributed by atoms with Gasteiger partial charge in [-0.15, -0.1) is 0 Å². The summed E-state index contributed by atoms with van der Waals surface area (Å²) in [6.45, 7) is -0.778. The molecule has 5 heteroatoms. The molecule has 0 saturated heterocycles. The summed E-state index contributed by atoms with van der Waals surface area (Å²) in [5.41, 5.74) is 0. The van der Waals surface area contributed by atoms with E-state index in [4.69, 9.17) is 15.0 Å². The average molecular weight is 151 g/mol. The van der Waals surface area contributed by atoms with Gasteiger partial charge in [-0.05, 0) is 0 Å². The predicted octanol–water partition coefficient (Wildman–Crippen LogP) is -6.93. The van der Waals surface area contributed by atoms with Gasteiger partial charge in [-0.2, -0.15) is 0 Å². The molecule has 0 spiro atoms. The molecule has 0 amide bonds. The predicted molar refractivity (Wildman–Crippen MR) is 14.7 cm³/mol. The van der Waals surface area contributed by atoms with Crippen molar-refractivity contribution in [3.63, 3.8) is 0 Å². The van der Waals surface area contributed by atoms with Crippen LogP contribution >= 0.6 is 0 Å². The Morgan fingerprint density at radius 2 is 1.71 bits per heavy atom. The number of hydrogen-bond acceptors (Lipinski definition) is 2. The minimum atomic E-state index is -1.19. The zero-order valence-electron chi connectivity index (χ0n) is 3.89. The molecule has 7 heavy (non-hydrogen) atoms. The Labute approximate surface area is 89.9 Å². The maximum absolute atomic E-state index is 9.12. The number of carbonyl (C=O) groups is 1. The van der Waals surface area contributed by atoms with Crippen LogP contribution in [-0.2, 0) is 4.79 Å². The molecule has 3 nitrogen and oxygen atoms in total. The van der Waals surface area contributed by atoms with Crippen molar-refractivity contribution in [2.75, 3.05) is 6.61 Å². The quantitative estimate of drug-likeness (QED) is 0.366. The molecule has 0 aliphatic heterocycles. The second kappa shape index (κ2) is 10.4. The summed E-state index contributed by atoms with van der Waals surface area (Å²) in [5, 5.41) is 15.0. The number of rotatable bonds is 1. The van der Waals surface area contributed by atoms with Crippen molar-refractivity contribution in [2.24, 2.45) is 0 Å². The molecular weight excluding hydrogens is 147 g/mol. The van der Waals surface area contributed by atoms with Crippen LogP contribution in [0.1, 0.15) is 0 Å². The Balaban J connectivity index is -0.0000000800. The van der Waals surface area contributed by atoms with Crippen molar-refractivity contribution in [1.29, 1.82) is 0 Å². The van der Waals surface area contributed by atoms with Crippen LogP contribution in [-0.4, -0.2) is 22.8 Å². The molecule has 0 aromatic heterocycles. The van der Waals surface area contributed by atoms with E-state index in [0.29, 0.717) is 0 Å². The Hall–Kier alpha value is 1.36. The second-order valence-corrected chi connectivity index (χ2v) is 0.552. The minimum Gasteiger partial charge on any atom is -1.00 e. The van der Waals surface area contributed by atoms with E-state index < -0.39 is 12.6 Å². The van der Waals surface area contributed by atoms with Crippen molar-refractivity contribution >= 4 is 5.97 Å². The molecule has 38 valence electrons. The van der Waals surface area contributed by atoms with Gasteiger partial charge in [0.15, 0.2) is 0 Å². The topological polar surface area (TPSA) is 57.5 Å². The number of carboxylic acid groups (broad SMARTS) is 1. The zero-order chi connectivity index (χ0) is 4.28. The maximum Gasteiger partial charge on any atom is 1.00 e. The summed E-state index contributed by atoms with van der Waals surface area (Å²) in [7, 11) is 0. The van der Waals surface area contributed by atoms with Crippen LogP contribution in [0.4, 0.5) is 0 Å². The molecule has 0 atom stereocenters. The van der Waals surface area contributed by atoms with Crippen molar-refractivity contribution in [1.82, 2.24) is 0 Å². The van der Waals surface area contributed by atoms with Crippen LogP contribution in [0.2, 0.25) is 0 Å². The van der Waals surface area contributed by atoms with E-state index in [1.807, 2.05) is 0 Å². The molecule has 0 aromatic carbocycles. The maximum atomic E-state index is 9.12. The van der Waals surface area contributed by atoms with Crippen molar-refractivity contribution < 1.29 is 78.8 Å². The largest absolute Gasteiger partial charge is 1.00 e. The van der Waals surface area contributed by atoms with Gasteiger partial charge in [0.25, 0.3) is 0 Å². The number of aliphatic hydroxyl groups excluding tert-OH is 1. The summed E-state index contributed by atoms with van der Waals surface area (Å²) >= 11 is 0. The number of aliphatic hydroxyl groups is 1. The average Bonchev–Trinajstić information content (AvgIpc) is 1.38. The summed E-state index contributed by atoms with van der Waals surface area (Å²) in [5.74, 6) is -1.19.